The zero-order valence-corrected chi connectivity index (χ0v) is 9.38. The van der Waals surface area contributed by atoms with Crippen LogP contribution in [0.2, 0.25) is 0 Å². The summed E-state index contributed by atoms with van der Waals surface area (Å²) in [5.41, 5.74) is 1.09. The molecule has 0 heterocycles. The second-order valence-electron chi connectivity index (χ2n) is 3.44. The van der Waals surface area contributed by atoms with E-state index in [0.29, 0.717) is 13.0 Å². The van der Waals surface area contributed by atoms with Gasteiger partial charge < -0.3 is 4.90 Å². The highest BCUT2D eigenvalue weighted by Gasteiger charge is 2.03. The molecule has 0 amide bonds. The van der Waals surface area contributed by atoms with E-state index < -0.39 is 0 Å². The average Bonchev–Trinajstić information content (AvgIpc) is 2.04. The minimum absolute atomic E-state index is 0. The fourth-order valence-electron chi connectivity index (χ4n) is 1.23. The lowest BCUT2D eigenvalue weighted by Gasteiger charge is -2.07. The summed E-state index contributed by atoms with van der Waals surface area (Å²) in [4.78, 5) is 13.3. The summed E-state index contributed by atoms with van der Waals surface area (Å²) in [7, 11) is 3.81. The third-order valence-corrected chi connectivity index (χ3v) is 1.74. The molecule has 0 fully saturated rings. The van der Waals surface area contributed by atoms with E-state index in [0.717, 1.165) is 5.56 Å². The van der Waals surface area contributed by atoms with Crippen molar-refractivity contribution < 1.29 is 4.79 Å². The molecule has 0 aliphatic carbocycles. The van der Waals surface area contributed by atoms with Gasteiger partial charge >= 0.3 is 0 Å². The van der Waals surface area contributed by atoms with Crippen molar-refractivity contribution in [3.63, 3.8) is 0 Å². The molecule has 1 rings (SSSR count). The minimum Gasteiger partial charge on any atom is -0.302 e. The molecular formula is C11H16ClNO. The van der Waals surface area contributed by atoms with Crippen molar-refractivity contribution in [1.29, 1.82) is 0 Å². The van der Waals surface area contributed by atoms with Crippen LogP contribution in [0.4, 0.5) is 0 Å². The van der Waals surface area contributed by atoms with Crippen LogP contribution in [0.3, 0.4) is 0 Å². The summed E-state index contributed by atoms with van der Waals surface area (Å²) in [6, 6.07) is 9.83. The van der Waals surface area contributed by atoms with Gasteiger partial charge in [0.05, 0.1) is 6.54 Å². The van der Waals surface area contributed by atoms with Gasteiger partial charge in [0.1, 0.15) is 0 Å². The van der Waals surface area contributed by atoms with Crippen molar-refractivity contribution in [2.45, 2.75) is 6.42 Å². The van der Waals surface area contributed by atoms with Crippen molar-refractivity contribution >= 4 is 18.2 Å². The first kappa shape index (κ1) is 13.1. The van der Waals surface area contributed by atoms with E-state index in [4.69, 9.17) is 0 Å². The van der Waals surface area contributed by atoms with Gasteiger partial charge in [-0.15, -0.1) is 12.4 Å². The molecular weight excluding hydrogens is 198 g/mol. The Balaban J connectivity index is 0.00000169. The van der Waals surface area contributed by atoms with E-state index in [2.05, 4.69) is 0 Å². The number of ketones is 1. The lowest BCUT2D eigenvalue weighted by Crippen LogP contribution is -2.22. The minimum atomic E-state index is 0. The standard InChI is InChI=1S/C11H15NO.ClH/c1-12(2)9-11(13)8-10-6-4-3-5-7-10;/h3-7H,8-9H2,1-2H3;1H. The molecule has 2 nitrogen and oxygen atoms in total. The molecule has 0 N–H and O–H groups in total. The van der Waals surface area contributed by atoms with Crippen molar-refractivity contribution in [3.8, 4) is 0 Å². The highest BCUT2D eigenvalue weighted by atomic mass is 35.5. The summed E-state index contributed by atoms with van der Waals surface area (Å²) in [5.74, 6) is 0.260. The fourth-order valence-corrected chi connectivity index (χ4v) is 1.23. The number of rotatable bonds is 4. The molecule has 0 aliphatic heterocycles. The van der Waals surface area contributed by atoms with Crippen LogP contribution in [0.1, 0.15) is 5.56 Å². The molecule has 0 bridgehead atoms. The molecule has 0 spiro atoms. The maximum Gasteiger partial charge on any atom is 0.151 e. The highest BCUT2D eigenvalue weighted by Crippen LogP contribution is 2.00. The topological polar surface area (TPSA) is 20.3 Å². The van der Waals surface area contributed by atoms with Crippen LogP contribution < -0.4 is 0 Å². The van der Waals surface area contributed by atoms with E-state index in [1.807, 2.05) is 49.3 Å². The quantitative estimate of drug-likeness (QED) is 0.760. The Morgan fingerprint density at radius 1 is 1.21 bits per heavy atom. The number of carbonyl (C=O) groups is 1. The van der Waals surface area contributed by atoms with Gasteiger partial charge in [-0.05, 0) is 19.7 Å². The first-order chi connectivity index (χ1) is 6.18. The van der Waals surface area contributed by atoms with Crippen molar-refractivity contribution in [3.05, 3.63) is 35.9 Å². The number of nitrogens with zero attached hydrogens (tertiary/aromatic N) is 1. The van der Waals surface area contributed by atoms with Crippen molar-refractivity contribution in [2.75, 3.05) is 20.6 Å². The van der Waals surface area contributed by atoms with Crippen molar-refractivity contribution in [2.24, 2.45) is 0 Å². The number of hydrogen-bond acceptors (Lipinski definition) is 2. The first-order valence-corrected chi connectivity index (χ1v) is 4.39. The second kappa shape index (κ2) is 6.57. The van der Waals surface area contributed by atoms with E-state index in [-0.39, 0.29) is 18.2 Å². The number of Topliss-reactive ketones (excluding diaryl/α,β-unsaturated/α-hetero) is 1. The molecule has 1 aromatic carbocycles. The third kappa shape index (κ3) is 5.00. The van der Waals surface area contributed by atoms with Crippen LogP contribution in [0, 0.1) is 0 Å². The summed E-state index contributed by atoms with van der Waals surface area (Å²) >= 11 is 0. The molecule has 0 saturated carbocycles. The van der Waals surface area contributed by atoms with Gasteiger partial charge in [-0.1, -0.05) is 30.3 Å². The number of benzene rings is 1. The lowest BCUT2D eigenvalue weighted by atomic mass is 10.1. The smallest absolute Gasteiger partial charge is 0.151 e. The van der Waals surface area contributed by atoms with Crippen LogP contribution in [-0.4, -0.2) is 31.3 Å². The van der Waals surface area contributed by atoms with E-state index in [1.54, 1.807) is 0 Å². The maximum absolute atomic E-state index is 11.4. The van der Waals surface area contributed by atoms with Gasteiger partial charge in [0.2, 0.25) is 0 Å². The largest absolute Gasteiger partial charge is 0.302 e. The Morgan fingerprint density at radius 2 is 1.79 bits per heavy atom. The van der Waals surface area contributed by atoms with Gasteiger partial charge in [0, 0.05) is 6.42 Å². The zero-order chi connectivity index (χ0) is 9.68. The summed E-state index contributed by atoms with van der Waals surface area (Å²) in [6.45, 7) is 0.523. The third-order valence-electron chi connectivity index (χ3n) is 1.74. The summed E-state index contributed by atoms with van der Waals surface area (Å²) in [5, 5.41) is 0. The molecule has 0 saturated heterocycles. The summed E-state index contributed by atoms with van der Waals surface area (Å²) < 4.78 is 0. The number of hydrogen-bond donors (Lipinski definition) is 0. The first-order valence-electron chi connectivity index (χ1n) is 4.39. The number of likely N-dealkylation sites (N-methyl/N-ethyl adjacent to an activating group) is 1. The van der Waals surface area contributed by atoms with Gasteiger partial charge in [-0.3, -0.25) is 4.79 Å². The number of halogens is 1. The van der Waals surface area contributed by atoms with E-state index in [9.17, 15) is 4.79 Å². The fraction of sp³-hybridized carbons (Fsp3) is 0.364. The molecule has 0 radical (unpaired) electrons. The number of carbonyl (C=O) groups excluding carboxylic acids is 1. The lowest BCUT2D eigenvalue weighted by molar-refractivity contribution is -0.119. The molecule has 78 valence electrons. The zero-order valence-electron chi connectivity index (χ0n) is 8.56. The van der Waals surface area contributed by atoms with Gasteiger partial charge in [-0.2, -0.15) is 0 Å². The van der Waals surface area contributed by atoms with Crippen molar-refractivity contribution in [1.82, 2.24) is 4.90 Å². The Hall–Kier alpha value is -0.860. The monoisotopic (exact) mass is 213 g/mol. The van der Waals surface area contributed by atoms with Crippen LogP contribution in [0.5, 0.6) is 0 Å². The Labute approximate surface area is 91.3 Å². The second-order valence-corrected chi connectivity index (χ2v) is 3.44. The Bertz CT molecular complexity index is 272. The van der Waals surface area contributed by atoms with Gasteiger partial charge in [0.15, 0.2) is 5.78 Å². The molecule has 1 aromatic rings. The van der Waals surface area contributed by atoms with Gasteiger partial charge in [0.25, 0.3) is 0 Å². The van der Waals surface area contributed by atoms with E-state index >= 15 is 0 Å². The van der Waals surface area contributed by atoms with E-state index in [1.165, 1.54) is 0 Å². The van der Waals surface area contributed by atoms with Crippen LogP contribution >= 0.6 is 12.4 Å². The normalized spacial score (nSPS) is 9.64. The highest BCUT2D eigenvalue weighted by molar-refractivity contribution is 5.85. The molecule has 0 atom stereocenters. The van der Waals surface area contributed by atoms with Crippen LogP contribution in [0.25, 0.3) is 0 Å². The predicted octanol–water partition coefficient (Wildman–Crippen LogP) is 1.78. The summed E-state index contributed by atoms with van der Waals surface area (Å²) in [6.07, 6.45) is 0.541. The molecule has 3 heteroatoms. The van der Waals surface area contributed by atoms with Crippen LogP contribution in [0.15, 0.2) is 30.3 Å². The van der Waals surface area contributed by atoms with Gasteiger partial charge in [-0.25, -0.2) is 0 Å². The average molecular weight is 214 g/mol. The maximum atomic E-state index is 11.4. The molecule has 0 unspecified atom stereocenters. The molecule has 0 aromatic heterocycles. The molecule has 0 aliphatic rings. The van der Waals surface area contributed by atoms with Crippen LogP contribution in [-0.2, 0) is 11.2 Å². The Morgan fingerprint density at radius 3 is 2.29 bits per heavy atom. The SMILES string of the molecule is CN(C)CC(=O)Cc1ccccc1.Cl. The molecule has 14 heavy (non-hydrogen) atoms. The Kier molecular flexibility index (Phi) is 6.17. The predicted molar refractivity (Wildman–Crippen MR) is 61.0 cm³/mol.